The van der Waals surface area contributed by atoms with Crippen molar-refractivity contribution >= 4 is 17.9 Å². The summed E-state index contributed by atoms with van der Waals surface area (Å²) in [4.78, 5) is 38.2. The van der Waals surface area contributed by atoms with Crippen LogP contribution in [0.1, 0.15) is 316 Å². The molecule has 6 nitrogen and oxygen atoms in total. The van der Waals surface area contributed by atoms with Gasteiger partial charge < -0.3 is 14.2 Å². The van der Waals surface area contributed by atoms with E-state index in [1.807, 2.05) is 0 Å². The minimum absolute atomic E-state index is 0.0819. The van der Waals surface area contributed by atoms with Crippen molar-refractivity contribution in [2.24, 2.45) is 0 Å². The maximum atomic E-state index is 12.9. The fourth-order valence-electron chi connectivity index (χ4n) is 9.06. The van der Waals surface area contributed by atoms with E-state index in [4.69, 9.17) is 14.2 Å². The Bertz CT molecular complexity index is 1430. The van der Waals surface area contributed by atoms with Crippen molar-refractivity contribution in [1.82, 2.24) is 0 Å². The van der Waals surface area contributed by atoms with Crippen molar-refractivity contribution in [2.75, 3.05) is 13.2 Å². The molecular formula is C69H120O6. The lowest BCUT2D eigenvalue weighted by molar-refractivity contribution is -0.167. The first kappa shape index (κ1) is 71.6. The fraction of sp³-hybridized carbons (Fsp3) is 0.754. The molecule has 1 unspecified atom stereocenters. The zero-order chi connectivity index (χ0) is 54.3. The smallest absolute Gasteiger partial charge is 0.306 e. The third-order valence-electron chi connectivity index (χ3n) is 13.8. The van der Waals surface area contributed by atoms with E-state index >= 15 is 0 Å². The molecule has 0 N–H and O–H groups in total. The second kappa shape index (κ2) is 63.1. The molecule has 432 valence electrons. The van der Waals surface area contributed by atoms with Crippen molar-refractivity contribution in [1.29, 1.82) is 0 Å². The first-order valence-electron chi connectivity index (χ1n) is 32.1. The predicted molar refractivity (Wildman–Crippen MR) is 325 cm³/mol. The summed E-state index contributed by atoms with van der Waals surface area (Å²) in [6, 6.07) is 0. The molecular weight excluding hydrogens is 925 g/mol. The number of allylic oxidation sites excluding steroid dienone is 14. The molecule has 75 heavy (non-hydrogen) atoms. The van der Waals surface area contributed by atoms with Gasteiger partial charge in [-0.15, -0.1) is 0 Å². The second-order valence-electron chi connectivity index (χ2n) is 21.3. The third-order valence-corrected chi connectivity index (χ3v) is 13.8. The van der Waals surface area contributed by atoms with Crippen LogP contribution in [-0.4, -0.2) is 37.2 Å². The summed E-state index contributed by atoms with van der Waals surface area (Å²) in [6.45, 7) is 6.47. The Labute approximate surface area is 465 Å². The van der Waals surface area contributed by atoms with E-state index in [1.165, 1.54) is 154 Å². The summed E-state index contributed by atoms with van der Waals surface area (Å²) in [5.41, 5.74) is 0. The largest absolute Gasteiger partial charge is 0.462 e. The number of hydrogen-bond donors (Lipinski definition) is 0. The zero-order valence-corrected chi connectivity index (χ0v) is 49.6. The van der Waals surface area contributed by atoms with Gasteiger partial charge in [-0.3, -0.25) is 14.4 Å². The Kier molecular flexibility index (Phi) is 60.3. The van der Waals surface area contributed by atoms with E-state index in [2.05, 4.69) is 106 Å². The topological polar surface area (TPSA) is 78.9 Å². The molecule has 0 heterocycles. The molecule has 0 aliphatic rings. The van der Waals surface area contributed by atoms with Gasteiger partial charge in [0.25, 0.3) is 0 Å². The first-order chi connectivity index (χ1) is 37.0. The number of ether oxygens (including phenoxy) is 3. The average Bonchev–Trinajstić information content (AvgIpc) is 3.41. The van der Waals surface area contributed by atoms with E-state index in [-0.39, 0.29) is 31.1 Å². The summed E-state index contributed by atoms with van der Waals surface area (Å²) in [7, 11) is 0. The van der Waals surface area contributed by atoms with Gasteiger partial charge in [-0.25, -0.2) is 0 Å². The lowest BCUT2D eigenvalue weighted by Crippen LogP contribution is -2.30. The lowest BCUT2D eigenvalue weighted by atomic mass is 10.0. The molecule has 0 fully saturated rings. The predicted octanol–water partition coefficient (Wildman–Crippen LogP) is 21.9. The molecule has 0 aromatic rings. The van der Waals surface area contributed by atoms with Gasteiger partial charge in [-0.2, -0.15) is 0 Å². The molecule has 1 atom stereocenters. The highest BCUT2D eigenvalue weighted by Gasteiger charge is 2.19. The minimum Gasteiger partial charge on any atom is -0.462 e. The van der Waals surface area contributed by atoms with Gasteiger partial charge in [0.1, 0.15) is 13.2 Å². The SMILES string of the molecule is CC/C=C\C/C=C\C/C=C\C/C=C\CCCCCCCCCCCCCCCCCCC(=O)OCC(COC(=O)CCCCCCC/C=C\C/C=C\CCC)OC(=O)CCCCCCC/C=C\CCCCCCCC. The molecule has 0 aromatic carbocycles. The van der Waals surface area contributed by atoms with Gasteiger partial charge >= 0.3 is 17.9 Å². The Balaban J connectivity index is 4.21. The number of carbonyl (C=O) groups excluding carboxylic acids is 3. The minimum atomic E-state index is -0.786. The standard InChI is InChI=1S/C69H120O6/c1-4-7-10-13-16-19-22-25-27-28-29-30-31-32-33-34-35-36-37-38-39-40-42-44-47-50-53-56-59-62-68(71)74-65-66(64-73-67(70)61-58-55-52-49-46-43-24-21-18-15-12-9-6-3)75-69(72)63-60-57-54-51-48-45-41-26-23-20-17-14-11-8-5-2/h7,10,12,15-16,19,21,24-27,29-30,41,66H,4-6,8-9,11,13-14,17-18,20,22-23,28,31-40,42-65H2,1-3H3/b10-7-,15-12-,19-16-,24-21-,27-25-,30-29-,41-26-. The van der Waals surface area contributed by atoms with Crippen LogP contribution in [0.25, 0.3) is 0 Å². The van der Waals surface area contributed by atoms with Gasteiger partial charge in [0.15, 0.2) is 6.10 Å². The molecule has 0 saturated heterocycles. The number of hydrogen-bond acceptors (Lipinski definition) is 6. The molecule has 0 amide bonds. The quantitative estimate of drug-likeness (QED) is 0.0261. The summed E-state index contributed by atoms with van der Waals surface area (Å²) < 4.78 is 16.9. The van der Waals surface area contributed by atoms with Crippen LogP contribution in [0.3, 0.4) is 0 Å². The normalized spacial score (nSPS) is 12.6. The molecule has 0 bridgehead atoms. The summed E-state index contributed by atoms with van der Waals surface area (Å²) in [5, 5.41) is 0. The average molecular weight is 1050 g/mol. The van der Waals surface area contributed by atoms with Gasteiger partial charge in [-0.05, 0) is 109 Å². The Hall–Kier alpha value is -3.41. The number of esters is 3. The maximum Gasteiger partial charge on any atom is 0.306 e. The van der Waals surface area contributed by atoms with E-state index in [0.717, 1.165) is 122 Å². The first-order valence-corrected chi connectivity index (χ1v) is 32.1. The van der Waals surface area contributed by atoms with Gasteiger partial charge in [0, 0.05) is 19.3 Å². The van der Waals surface area contributed by atoms with E-state index in [1.54, 1.807) is 0 Å². The molecule has 0 spiro atoms. The van der Waals surface area contributed by atoms with Crippen molar-refractivity contribution < 1.29 is 28.6 Å². The number of unbranched alkanes of at least 4 members (excludes halogenated alkanes) is 33. The van der Waals surface area contributed by atoms with Crippen LogP contribution in [0.15, 0.2) is 85.1 Å². The van der Waals surface area contributed by atoms with Gasteiger partial charge in [0.2, 0.25) is 0 Å². The lowest BCUT2D eigenvalue weighted by Gasteiger charge is -2.18. The molecule has 0 rings (SSSR count). The van der Waals surface area contributed by atoms with Crippen LogP contribution in [-0.2, 0) is 28.6 Å². The highest BCUT2D eigenvalue weighted by molar-refractivity contribution is 5.71. The van der Waals surface area contributed by atoms with Crippen LogP contribution in [0.2, 0.25) is 0 Å². The fourth-order valence-corrected chi connectivity index (χ4v) is 9.06. The Morgan fingerprint density at radius 2 is 0.547 bits per heavy atom. The number of rotatable bonds is 58. The second-order valence-corrected chi connectivity index (χ2v) is 21.3. The van der Waals surface area contributed by atoms with Crippen LogP contribution >= 0.6 is 0 Å². The van der Waals surface area contributed by atoms with E-state index in [9.17, 15) is 14.4 Å². The zero-order valence-electron chi connectivity index (χ0n) is 49.6. The molecule has 0 aliphatic carbocycles. The molecule has 6 heteroatoms. The van der Waals surface area contributed by atoms with Crippen LogP contribution in [0.4, 0.5) is 0 Å². The number of carbonyl (C=O) groups is 3. The van der Waals surface area contributed by atoms with Crippen molar-refractivity contribution in [3.05, 3.63) is 85.1 Å². The Morgan fingerprint density at radius 3 is 0.880 bits per heavy atom. The van der Waals surface area contributed by atoms with Crippen molar-refractivity contribution in [3.63, 3.8) is 0 Å². The van der Waals surface area contributed by atoms with E-state index < -0.39 is 6.10 Å². The van der Waals surface area contributed by atoms with Crippen LogP contribution < -0.4 is 0 Å². The maximum absolute atomic E-state index is 12.9. The summed E-state index contributed by atoms with van der Waals surface area (Å²) in [5.74, 6) is -0.893. The van der Waals surface area contributed by atoms with Crippen LogP contribution in [0, 0.1) is 0 Å². The molecule has 0 aliphatic heterocycles. The molecule has 0 radical (unpaired) electrons. The van der Waals surface area contributed by atoms with Gasteiger partial charge in [0.05, 0.1) is 0 Å². The van der Waals surface area contributed by atoms with Crippen molar-refractivity contribution in [3.8, 4) is 0 Å². The highest BCUT2D eigenvalue weighted by atomic mass is 16.6. The van der Waals surface area contributed by atoms with Gasteiger partial charge in [-0.1, -0.05) is 273 Å². The van der Waals surface area contributed by atoms with E-state index in [0.29, 0.717) is 19.3 Å². The Morgan fingerprint density at radius 1 is 0.280 bits per heavy atom. The molecule has 0 saturated carbocycles. The van der Waals surface area contributed by atoms with Crippen LogP contribution in [0.5, 0.6) is 0 Å². The highest BCUT2D eigenvalue weighted by Crippen LogP contribution is 2.17. The third kappa shape index (κ3) is 61.3. The summed E-state index contributed by atoms with van der Waals surface area (Å²) >= 11 is 0. The summed E-state index contributed by atoms with van der Waals surface area (Å²) in [6.07, 6.45) is 83.1. The monoisotopic (exact) mass is 1040 g/mol. The molecule has 0 aromatic heterocycles. The van der Waals surface area contributed by atoms with Crippen molar-refractivity contribution in [2.45, 2.75) is 322 Å².